The highest BCUT2D eigenvalue weighted by Gasteiger charge is 2.23. The van der Waals surface area contributed by atoms with Gasteiger partial charge in [0, 0.05) is 38.7 Å². The van der Waals surface area contributed by atoms with Crippen LogP contribution in [-0.4, -0.2) is 0 Å². The summed E-state index contributed by atoms with van der Waals surface area (Å²) in [6.07, 6.45) is 0. The molecule has 0 bridgehead atoms. The van der Waals surface area contributed by atoms with Crippen molar-refractivity contribution in [2.24, 2.45) is 0 Å². The van der Waals surface area contributed by atoms with Gasteiger partial charge in [0.15, 0.2) is 5.58 Å². The number of hydrogen-bond acceptors (Lipinski definition) is 4. The predicted molar refractivity (Wildman–Crippen MR) is 223 cm³/mol. The molecule has 3 aromatic heterocycles. The van der Waals surface area contributed by atoms with E-state index in [2.05, 4.69) is 163 Å². The first-order valence-electron chi connectivity index (χ1n) is 18.2. The van der Waals surface area contributed by atoms with Gasteiger partial charge in [-0.1, -0.05) is 115 Å². The zero-order chi connectivity index (χ0) is 35.3. The van der Waals surface area contributed by atoms with Crippen LogP contribution in [0.3, 0.4) is 0 Å². The Morgan fingerprint density at radius 1 is 0.333 bits per heavy atom. The van der Waals surface area contributed by atoms with Crippen LogP contribution in [0.2, 0.25) is 0 Å². The molecule has 54 heavy (non-hydrogen) atoms. The average molecular weight is 692 g/mol. The summed E-state index contributed by atoms with van der Waals surface area (Å²) in [4.78, 5) is 2.28. The van der Waals surface area contributed by atoms with Gasteiger partial charge < -0.3 is 18.2 Å². The van der Waals surface area contributed by atoms with E-state index in [4.69, 9.17) is 13.3 Å². The number of benzene rings is 9. The minimum absolute atomic E-state index is 0.805. The molecule has 0 aliphatic heterocycles. The third-order valence-corrected chi connectivity index (χ3v) is 11.1. The van der Waals surface area contributed by atoms with Crippen LogP contribution in [0.25, 0.3) is 98.5 Å². The third kappa shape index (κ3) is 4.19. The SMILES string of the molecule is c1ccc2c(-c3ccc(N(c4ccc5c(c4)oc4ccc6ccccc6c45)c4cccc5c4oc4c5ccc5oc6ccccc6c54)cc3)cccc2c1. The Morgan fingerprint density at radius 2 is 0.944 bits per heavy atom. The first-order chi connectivity index (χ1) is 26.8. The maximum Gasteiger partial charge on any atom is 0.159 e. The van der Waals surface area contributed by atoms with E-state index in [-0.39, 0.29) is 0 Å². The average Bonchev–Trinajstić information content (AvgIpc) is 3.92. The molecule has 4 heteroatoms. The highest BCUT2D eigenvalue weighted by Crippen LogP contribution is 2.46. The molecule has 12 aromatic rings. The van der Waals surface area contributed by atoms with Crippen molar-refractivity contribution in [2.75, 3.05) is 4.90 Å². The molecule has 0 atom stereocenters. The van der Waals surface area contributed by atoms with Gasteiger partial charge in [-0.05, 0) is 87.3 Å². The Balaban J connectivity index is 1.10. The summed E-state index contributed by atoms with van der Waals surface area (Å²) in [7, 11) is 0. The second-order valence-corrected chi connectivity index (χ2v) is 14.0. The van der Waals surface area contributed by atoms with Crippen molar-refractivity contribution in [1.29, 1.82) is 0 Å². The zero-order valence-electron chi connectivity index (χ0n) is 28.9. The van der Waals surface area contributed by atoms with Crippen molar-refractivity contribution in [3.63, 3.8) is 0 Å². The first-order valence-corrected chi connectivity index (χ1v) is 18.2. The van der Waals surface area contributed by atoms with E-state index in [0.717, 1.165) is 88.4 Å². The molecule has 0 saturated carbocycles. The van der Waals surface area contributed by atoms with E-state index in [0.29, 0.717) is 0 Å². The van der Waals surface area contributed by atoms with Crippen LogP contribution in [-0.2, 0) is 0 Å². The molecular weight excluding hydrogens is 663 g/mol. The van der Waals surface area contributed by atoms with Gasteiger partial charge in [-0.3, -0.25) is 0 Å². The maximum atomic E-state index is 6.99. The lowest BCUT2D eigenvalue weighted by Crippen LogP contribution is -2.10. The normalized spacial score (nSPS) is 12.1. The molecule has 3 heterocycles. The molecule has 0 aliphatic carbocycles. The first kappa shape index (κ1) is 29.3. The molecule has 0 radical (unpaired) electrons. The second-order valence-electron chi connectivity index (χ2n) is 14.0. The van der Waals surface area contributed by atoms with Gasteiger partial charge in [0.2, 0.25) is 0 Å². The van der Waals surface area contributed by atoms with Crippen LogP contribution in [0.4, 0.5) is 17.1 Å². The summed E-state index contributed by atoms with van der Waals surface area (Å²) in [6, 6.07) is 61.9. The van der Waals surface area contributed by atoms with Crippen molar-refractivity contribution in [3.05, 3.63) is 176 Å². The van der Waals surface area contributed by atoms with Crippen LogP contribution in [0.1, 0.15) is 0 Å². The van der Waals surface area contributed by atoms with Crippen molar-refractivity contribution in [2.45, 2.75) is 0 Å². The van der Waals surface area contributed by atoms with Gasteiger partial charge in [-0.15, -0.1) is 0 Å². The standard InChI is InChI=1S/C50H29NO3/c1-3-12-35-30(9-1)11-7-15-36(35)32-19-22-33(23-20-32)51(34-24-25-41-46(29-34)53-44-27-21-31-10-2-4-13-37(31)47(41)44)42-17-8-16-38-39-26-28-45-48(50(39)54-49(38)42)40-14-5-6-18-43(40)52-45/h1-29H. The largest absolute Gasteiger partial charge is 0.456 e. The molecule has 4 nitrogen and oxygen atoms in total. The lowest BCUT2D eigenvalue weighted by Gasteiger charge is -2.25. The van der Waals surface area contributed by atoms with Gasteiger partial charge in [-0.2, -0.15) is 0 Å². The number of anilines is 3. The number of nitrogens with zero attached hydrogens (tertiary/aromatic N) is 1. The van der Waals surface area contributed by atoms with Crippen molar-refractivity contribution in [1.82, 2.24) is 0 Å². The van der Waals surface area contributed by atoms with E-state index in [1.54, 1.807) is 0 Å². The lowest BCUT2D eigenvalue weighted by atomic mass is 9.98. The third-order valence-electron chi connectivity index (χ3n) is 11.1. The fraction of sp³-hybridized carbons (Fsp3) is 0. The quantitative estimate of drug-likeness (QED) is 0.184. The Kier molecular flexibility index (Phi) is 6.02. The van der Waals surface area contributed by atoms with Crippen LogP contribution in [0, 0.1) is 0 Å². The molecule has 0 spiro atoms. The Bertz CT molecular complexity index is 3450. The summed E-state index contributed by atoms with van der Waals surface area (Å²) in [5.74, 6) is 0. The molecule has 0 saturated heterocycles. The van der Waals surface area contributed by atoms with Crippen LogP contribution in [0.15, 0.2) is 189 Å². The van der Waals surface area contributed by atoms with E-state index < -0.39 is 0 Å². The molecular formula is C50H29NO3. The summed E-state index contributed by atoms with van der Waals surface area (Å²) >= 11 is 0. The number of rotatable bonds is 4. The molecule has 0 aliphatic rings. The molecule has 0 amide bonds. The number of para-hydroxylation sites is 2. The van der Waals surface area contributed by atoms with E-state index in [1.165, 1.54) is 27.1 Å². The van der Waals surface area contributed by atoms with E-state index >= 15 is 0 Å². The zero-order valence-corrected chi connectivity index (χ0v) is 28.9. The monoisotopic (exact) mass is 691 g/mol. The van der Waals surface area contributed by atoms with Gasteiger partial charge >= 0.3 is 0 Å². The van der Waals surface area contributed by atoms with Gasteiger partial charge in [0.1, 0.15) is 27.9 Å². The highest BCUT2D eigenvalue weighted by molar-refractivity contribution is 6.23. The van der Waals surface area contributed by atoms with Gasteiger partial charge in [0.25, 0.3) is 0 Å². The van der Waals surface area contributed by atoms with Crippen LogP contribution in [0.5, 0.6) is 0 Å². The number of fused-ring (bicyclic) bond motifs is 13. The highest BCUT2D eigenvalue weighted by atomic mass is 16.3. The Morgan fingerprint density at radius 3 is 1.83 bits per heavy atom. The predicted octanol–water partition coefficient (Wildman–Crippen LogP) is 14.8. The Hall–Kier alpha value is -7.30. The molecule has 252 valence electrons. The Labute approximate surface area is 308 Å². The summed E-state index contributed by atoms with van der Waals surface area (Å²) in [5, 5.41) is 11.2. The number of hydrogen-bond donors (Lipinski definition) is 0. The van der Waals surface area contributed by atoms with Crippen LogP contribution >= 0.6 is 0 Å². The van der Waals surface area contributed by atoms with Crippen LogP contribution < -0.4 is 4.90 Å². The van der Waals surface area contributed by atoms with Crippen molar-refractivity contribution in [3.8, 4) is 11.1 Å². The van der Waals surface area contributed by atoms with E-state index in [9.17, 15) is 0 Å². The molecule has 0 N–H and O–H groups in total. The van der Waals surface area contributed by atoms with Gasteiger partial charge in [0.05, 0.1) is 16.8 Å². The summed E-state index contributed by atoms with van der Waals surface area (Å²) in [6.45, 7) is 0. The molecule has 9 aromatic carbocycles. The fourth-order valence-electron chi connectivity index (χ4n) is 8.59. The lowest BCUT2D eigenvalue weighted by molar-refractivity contribution is 0.662. The van der Waals surface area contributed by atoms with E-state index in [1.807, 2.05) is 18.2 Å². The number of furan rings is 3. The minimum atomic E-state index is 0.805. The molecule has 0 fully saturated rings. The maximum absolute atomic E-state index is 6.99. The second kappa shape index (κ2) is 11.1. The molecule has 0 unspecified atom stereocenters. The molecule has 12 rings (SSSR count). The van der Waals surface area contributed by atoms with Crippen molar-refractivity contribution < 1.29 is 13.3 Å². The minimum Gasteiger partial charge on any atom is -0.456 e. The summed E-state index contributed by atoms with van der Waals surface area (Å²) in [5.41, 5.74) is 10.3. The smallest absolute Gasteiger partial charge is 0.159 e. The topological polar surface area (TPSA) is 42.7 Å². The fourth-order valence-corrected chi connectivity index (χ4v) is 8.59. The van der Waals surface area contributed by atoms with Crippen molar-refractivity contribution >= 4 is 104 Å². The summed E-state index contributed by atoms with van der Waals surface area (Å²) < 4.78 is 19.8. The van der Waals surface area contributed by atoms with Gasteiger partial charge in [-0.25, -0.2) is 0 Å².